The molecule has 7 heteroatoms. The summed E-state index contributed by atoms with van der Waals surface area (Å²) >= 11 is 5.84. The van der Waals surface area contributed by atoms with Crippen LogP contribution in [0.25, 0.3) is 0 Å². The quantitative estimate of drug-likeness (QED) is 0.369. The van der Waals surface area contributed by atoms with Crippen LogP contribution in [0.1, 0.15) is 5.56 Å². The second-order valence-electron chi connectivity index (χ2n) is 4.47. The van der Waals surface area contributed by atoms with Crippen LogP contribution in [0, 0.1) is 10.1 Å². The van der Waals surface area contributed by atoms with E-state index in [2.05, 4.69) is 10.3 Å². The maximum atomic E-state index is 10.5. The normalized spacial score (nSPS) is 10.8. The molecular weight excluding hydrogens is 306 g/mol. The highest BCUT2D eigenvalue weighted by molar-refractivity contribution is 6.30. The third-order valence-corrected chi connectivity index (χ3v) is 3.10. The third-order valence-electron chi connectivity index (χ3n) is 2.87. The second kappa shape index (κ2) is 7.42. The van der Waals surface area contributed by atoms with E-state index in [1.54, 1.807) is 30.5 Å². The van der Waals surface area contributed by atoms with Gasteiger partial charge in [0, 0.05) is 41.2 Å². The van der Waals surface area contributed by atoms with Crippen molar-refractivity contribution in [2.75, 3.05) is 18.4 Å². The van der Waals surface area contributed by atoms with Gasteiger partial charge in [0.2, 0.25) is 0 Å². The monoisotopic (exact) mass is 319 g/mol. The summed E-state index contributed by atoms with van der Waals surface area (Å²) in [6.07, 6.45) is 1.55. The lowest BCUT2D eigenvalue weighted by Gasteiger charge is -2.04. The SMILES string of the molecule is O=[N+]([O-])c1ccc(NCCN=Cc2cc(Cl)ccc2O)cc1. The Kier molecular flexibility index (Phi) is 5.32. The summed E-state index contributed by atoms with van der Waals surface area (Å²) in [5, 5.41) is 23.8. The molecular formula is C15H14ClN3O3. The van der Waals surface area contributed by atoms with Gasteiger partial charge in [0.1, 0.15) is 5.75 Å². The van der Waals surface area contributed by atoms with E-state index in [9.17, 15) is 15.2 Å². The van der Waals surface area contributed by atoms with Crippen LogP contribution in [-0.2, 0) is 0 Å². The molecule has 2 N–H and O–H groups in total. The molecule has 0 atom stereocenters. The van der Waals surface area contributed by atoms with Crippen LogP contribution >= 0.6 is 11.6 Å². The maximum absolute atomic E-state index is 10.5. The van der Waals surface area contributed by atoms with Gasteiger partial charge < -0.3 is 10.4 Å². The van der Waals surface area contributed by atoms with Gasteiger partial charge in [-0.2, -0.15) is 0 Å². The Balaban J connectivity index is 1.82. The number of rotatable bonds is 6. The lowest BCUT2D eigenvalue weighted by atomic mass is 10.2. The van der Waals surface area contributed by atoms with Crippen LogP contribution < -0.4 is 5.32 Å². The number of nitrogens with one attached hydrogen (secondary N) is 1. The minimum atomic E-state index is -0.439. The first-order chi connectivity index (χ1) is 10.6. The average molecular weight is 320 g/mol. The van der Waals surface area contributed by atoms with Gasteiger partial charge >= 0.3 is 0 Å². The molecule has 22 heavy (non-hydrogen) atoms. The largest absolute Gasteiger partial charge is 0.507 e. The number of aromatic hydroxyl groups is 1. The molecule has 0 amide bonds. The van der Waals surface area contributed by atoms with Gasteiger partial charge in [-0.3, -0.25) is 15.1 Å². The van der Waals surface area contributed by atoms with Gasteiger partial charge in [0.05, 0.1) is 11.5 Å². The topological polar surface area (TPSA) is 87.8 Å². The molecule has 0 aromatic heterocycles. The molecule has 0 heterocycles. The number of nitro groups is 1. The number of halogens is 1. The van der Waals surface area contributed by atoms with Crippen molar-refractivity contribution in [2.24, 2.45) is 4.99 Å². The summed E-state index contributed by atoms with van der Waals surface area (Å²) in [5.74, 6) is 0.122. The number of non-ortho nitro benzene ring substituents is 1. The number of anilines is 1. The van der Waals surface area contributed by atoms with Crippen LogP contribution in [-0.4, -0.2) is 29.3 Å². The summed E-state index contributed by atoms with van der Waals surface area (Å²) in [6.45, 7) is 1.05. The van der Waals surface area contributed by atoms with E-state index in [0.29, 0.717) is 23.7 Å². The Bertz CT molecular complexity index is 687. The number of nitro benzene ring substituents is 1. The average Bonchev–Trinajstić information content (AvgIpc) is 2.50. The van der Waals surface area contributed by atoms with Crippen molar-refractivity contribution in [1.29, 1.82) is 0 Å². The molecule has 0 fully saturated rings. The van der Waals surface area contributed by atoms with Gasteiger partial charge in [-0.1, -0.05) is 11.6 Å². The van der Waals surface area contributed by atoms with Crippen molar-refractivity contribution < 1.29 is 10.0 Å². The van der Waals surface area contributed by atoms with Crippen molar-refractivity contribution in [3.8, 4) is 5.75 Å². The number of hydrogen-bond acceptors (Lipinski definition) is 5. The van der Waals surface area contributed by atoms with E-state index < -0.39 is 4.92 Å². The first-order valence-corrected chi connectivity index (χ1v) is 6.91. The van der Waals surface area contributed by atoms with Gasteiger partial charge in [-0.15, -0.1) is 0 Å². The van der Waals surface area contributed by atoms with E-state index in [4.69, 9.17) is 11.6 Å². The first-order valence-electron chi connectivity index (χ1n) is 6.53. The van der Waals surface area contributed by atoms with Crippen LogP contribution in [0.4, 0.5) is 11.4 Å². The zero-order chi connectivity index (χ0) is 15.9. The number of phenols is 1. The van der Waals surface area contributed by atoms with Gasteiger partial charge in [0.25, 0.3) is 5.69 Å². The summed E-state index contributed by atoms with van der Waals surface area (Å²) in [4.78, 5) is 14.3. The molecule has 6 nitrogen and oxygen atoms in total. The minimum absolute atomic E-state index is 0.0556. The van der Waals surface area contributed by atoms with Crippen molar-refractivity contribution >= 4 is 29.2 Å². The molecule has 2 aromatic carbocycles. The molecule has 0 bridgehead atoms. The van der Waals surface area contributed by atoms with E-state index in [-0.39, 0.29) is 11.4 Å². The Labute approximate surface area is 132 Å². The number of phenolic OH excluding ortho intramolecular Hbond substituents is 1. The molecule has 0 spiro atoms. The lowest BCUT2D eigenvalue weighted by molar-refractivity contribution is -0.384. The summed E-state index contributed by atoms with van der Waals surface area (Å²) < 4.78 is 0. The van der Waals surface area contributed by atoms with Crippen molar-refractivity contribution in [3.05, 3.63) is 63.2 Å². The molecule has 0 aliphatic carbocycles. The lowest BCUT2D eigenvalue weighted by Crippen LogP contribution is -2.05. The first kappa shape index (κ1) is 15.8. The van der Waals surface area contributed by atoms with Gasteiger partial charge in [-0.05, 0) is 30.3 Å². The zero-order valence-corrected chi connectivity index (χ0v) is 12.3. The smallest absolute Gasteiger partial charge is 0.269 e. The molecule has 114 valence electrons. The Morgan fingerprint density at radius 3 is 2.68 bits per heavy atom. The fraction of sp³-hybridized carbons (Fsp3) is 0.133. The predicted molar refractivity (Wildman–Crippen MR) is 87.2 cm³/mol. The molecule has 2 aromatic rings. The molecule has 0 unspecified atom stereocenters. The third kappa shape index (κ3) is 4.46. The van der Waals surface area contributed by atoms with E-state index in [1.807, 2.05) is 0 Å². The van der Waals surface area contributed by atoms with Gasteiger partial charge in [-0.25, -0.2) is 0 Å². The molecule has 0 radical (unpaired) electrons. The van der Waals surface area contributed by atoms with Gasteiger partial charge in [0.15, 0.2) is 0 Å². The Morgan fingerprint density at radius 1 is 1.27 bits per heavy atom. The Hall–Kier alpha value is -2.60. The highest BCUT2D eigenvalue weighted by Crippen LogP contribution is 2.19. The molecule has 0 aliphatic rings. The van der Waals surface area contributed by atoms with Crippen LogP contribution in [0.3, 0.4) is 0 Å². The second-order valence-corrected chi connectivity index (χ2v) is 4.91. The highest BCUT2D eigenvalue weighted by Gasteiger charge is 2.03. The summed E-state index contributed by atoms with van der Waals surface area (Å²) in [7, 11) is 0. The van der Waals surface area contributed by atoms with E-state index in [1.165, 1.54) is 18.2 Å². The number of aliphatic imine (C=N–C) groups is 1. The zero-order valence-electron chi connectivity index (χ0n) is 11.6. The van der Waals surface area contributed by atoms with Crippen LogP contribution in [0.15, 0.2) is 47.5 Å². The fourth-order valence-electron chi connectivity index (χ4n) is 1.76. The minimum Gasteiger partial charge on any atom is -0.507 e. The fourth-order valence-corrected chi connectivity index (χ4v) is 1.94. The molecule has 2 rings (SSSR count). The van der Waals surface area contributed by atoms with E-state index in [0.717, 1.165) is 5.69 Å². The summed E-state index contributed by atoms with van der Waals surface area (Å²) in [6, 6.07) is 10.9. The standard InChI is InChI=1S/C15H14ClN3O3/c16-12-1-6-15(20)11(9-12)10-17-7-8-18-13-2-4-14(5-3-13)19(21)22/h1-6,9-10,18,20H,7-8H2. The van der Waals surface area contributed by atoms with Crippen molar-refractivity contribution in [2.45, 2.75) is 0 Å². The maximum Gasteiger partial charge on any atom is 0.269 e. The predicted octanol–water partition coefficient (Wildman–Crippen LogP) is 3.48. The molecule has 0 aliphatic heterocycles. The van der Waals surface area contributed by atoms with Crippen molar-refractivity contribution in [3.63, 3.8) is 0 Å². The van der Waals surface area contributed by atoms with Crippen LogP contribution in [0.2, 0.25) is 5.02 Å². The number of hydrogen-bond donors (Lipinski definition) is 2. The summed E-state index contributed by atoms with van der Waals surface area (Å²) in [5.41, 5.74) is 1.40. The van der Waals surface area contributed by atoms with Crippen molar-refractivity contribution in [1.82, 2.24) is 0 Å². The van der Waals surface area contributed by atoms with E-state index >= 15 is 0 Å². The number of nitrogens with zero attached hydrogens (tertiary/aromatic N) is 2. The molecule has 0 saturated carbocycles. The molecule has 0 saturated heterocycles. The number of benzene rings is 2. The Morgan fingerprint density at radius 2 is 2.00 bits per heavy atom. The highest BCUT2D eigenvalue weighted by atomic mass is 35.5. The van der Waals surface area contributed by atoms with Crippen LogP contribution in [0.5, 0.6) is 5.75 Å².